The average Bonchev–Trinajstić information content (AvgIpc) is 3.41. The van der Waals surface area contributed by atoms with Crippen molar-refractivity contribution in [2.45, 2.75) is 44.6 Å². The molecule has 0 aliphatic carbocycles. The molecule has 0 atom stereocenters. The molecule has 0 aliphatic rings. The summed E-state index contributed by atoms with van der Waals surface area (Å²) in [7, 11) is 0. The number of nitrogens with one attached hydrogen (secondary N) is 1. The standard InChI is InChI=1S/C25H26FN5O2.C7H8S/c1-15-9-16(11-23(32)30-18-13-29-31(14-18)25(2,3)4)10-20(26)24(15)33-22-7-8-28-21-6-5-17(27)12-19(21)22;1-8-7-5-3-2-4-6-7/h5-10,12-14H,11,27H2,1-4H3,(H,30,32);2-6H,1H3. The van der Waals surface area contributed by atoms with Crippen LogP contribution in [0.25, 0.3) is 10.9 Å². The summed E-state index contributed by atoms with van der Waals surface area (Å²) >= 11 is 1.77. The van der Waals surface area contributed by atoms with E-state index in [-0.39, 0.29) is 23.6 Å². The van der Waals surface area contributed by atoms with Crippen molar-refractivity contribution in [1.82, 2.24) is 14.8 Å². The maximum Gasteiger partial charge on any atom is 0.228 e. The van der Waals surface area contributed by atoms with Crippen molar-refractivity contribution in [1.29, 1.82) is 0 Å². The first kappa shape index (κ1) is 29.6. The fourth-order valence-electron chi connectivity index (χ4n) is 4.07. The lowest BCUT2D eigenvalue weighted by Crippen LogP contribution is -2.22. The second-order valence-electron chi connectivity index (χ2n) is 10.5. The van der Waals surface area contributed by atoms with Crippen LogP contribution >= 0.6 is 11.8 Å². The highest BCUT2D eigenvalue weighted by Crippen LogP contribution is 2.34. The number of nitrogens with two attached hydrogens (primary N) is 1. The minimum Gasteiger partial charge on any atom is -0.453 e. The summed E-state index contributed by atoms with van der Waals surface area (Å²) < 4.78 is 22.7. The zero-order valence-electron chi connectivity index (χ0n) is 23.8. The van der Waals surface area contributed by atoms with Gasteiger partial charge in [0.05, 0.1) is 29.4 Å². The van der Waals surface area contributed by atoms with Gasteiger partial charge in [-0.2, -0.15) is 5.10 Å². The number of aryl methyl sites for hydroxylation is 1. The number of aromatic nitrogens is 3. The van der Waals surface area contributed by atoms with Gasteiger partial charge in [-0.3, -0.25) is 14.5 Å². The molecule has 0 saturated heterocycles. The highest BCUT2D eigenvalue weighted by Gasteiger charge is 2.17. The number of fused-ring (bicyclic) bond motifs is 1. The van der Waals surface area contributed by atoms with Gasteiger partial charge in [0.25, 0.3) is 0 Å². The maximum atomic E-state index is 15.0. The van der Waals surface area contributed by atoms with Crippen molar-refractivity contribution in [3.05, 3.63) is 102 Å². The predicted molar refractivity (Wildman–Crippen MR) is 165 cm³/mol. The summed E-state index contributed by atoms with van der Waals surface area (Å²) in [6.45, 7) is 7.80. The van der Waals surface area contributed by atoms with Crippen LogP contribution in [0.4, 0.5) is 15.8 Å². The van der Waals surface area contributed by atoms with Crippen molar-refractivity contribution in [2.24, 2.45) is 0 Å². The molecule has 0 radical (unpaired) electrons. The van der Waals surface area contributed by atoms with Gasteiger partial charge in [0.1, 0.15) is 5.75 Å². The van der Waals surface area contributed by atoms with Gasteiger partial charge in [-0.05, 0) is 87.5 Å². The summed E-state index contributed by atoms with van der Waals surface area (Å²) in [5, 5.41) is 7.76. The number of carbonyl (C=O) groups excluding carboxylic acids is 1. The topological polar surface area (TPSA) is 95.1 Å². The number of nitrogens with zero attached hydrogens (tertiary/aromatic N) is 3. The van der Waals surface area contributed by atoms with E-state index in [1.54, 1.807) is 72.3 Å². The van der Waals surface area contributed by atoms with Gasteiger partial charge in [0.2, 0.25) is 5.91 Å². The van der Waals surface area contributed by atoms with Crippen molar-refractivity contribution in [3.8, 4) is 11.5 Å². The molecule has 0 spiro atoms. The zero-order chi connectivity index (χ0) is 29.6. The van der Waals surface area contributed by atoms with E-state index >= 15 is 0 Å². The Labute approximate surface area is 243 Å². The molecule has 9 heteroatoms. The van der Waals surface area contributed by atoms with Gasteiger partial charge in [-0.1, -0.05) is 24.3 Å². The molecule has 7 nitrogen and oxygen atoms in total. The van der Waals surface area contributed by atoms with Gasteiger partial charge in [0, 0.05) is 28.4 Å². The second-order valence-corrected chi connectivity index (χ2v) is 11.4. The van der Waals surface area contributed by atoms with Gasteiger partial charge in [-0.25, -0.2) is 4.39 Å². The van der Waals surface area contributed by atoms with E-state index in [0.29, 0.717) is 39.2 Å². The normalized spacial score (nSPS) is 11.1. The number of pyridine rings is 1. The number of ether oxygens (including phenoxy) is 1. The lowest BCUT2D eigenvalue weighted by molar-refractivity contribution is -0.115. The van der Waals surface area contributed by atoms with Crippen molar-refractivity contribution < 1.29 is 13.9 Å². The minimum absolute atomic E-state index is 0.0213. The molecule has 212 valence electrons. The smallest absolute Gasteiger partial charge is 0.228 e. The Bertz CT molecular complexity index is 1620. The number of halogens is 1. The van der Waals surface area contributed by atoms with Gasteiger partial charge >= 0.3 is 0 Å². The molecule has 5 aromatic rings. The van der Waals surface area contributed by atoms with Crippen LogP contribution in [0.15, 0.2) is 90.2 Å². The van der Waals surface area contributed by atoms with Crippen LogP contribution in [-0.4, -0.2) is 26.9 Å². The lowest BCUT2D eigenvalue weighted by atomic mass is 10.1. The van der Waals surface area contributed by atoms with Gasteiger partial charge in [-0.15, -0.1) is 11.8 Å². The Hall–Kier alpha value is -4.37. The Balaban J connectivity index is 0.000000417. The Morgan fingerprint density at radius 3 is 2.49 bits per heavy atom. The van der Waals surface area contributed by atoms with E-state index in [4.69, 9.17) is 10.5 Å². The Morgan fingerprint density at radius 2 is 1.85 bits per heavy atom. The summed E-state index contributed by atoms with van der Waals surface area (Å²) in [4.78, 5) is 18.1. The Morgan fingerprint density at radius 1 is 1.10 bits per heavy atom. The van der Waals surface area contributed by atoms with Gasteiger partial charge in [0.15, 0.2) is 11.6 Å². The first-order valence-corrected chi connectivity index (χ1v) is 14.3. The quantitative estimate of drug-likeness (QED) is 0.161. The monoisotopic (exact) mass is 571 g/mol. The first-order chi connectivity index (χ1) is 19.5. The number of hydrogen-bond donors (Lipinski definition) is 2. The molecule has 41 heavy (non-hydrogen) atoms. The van der Waals surface area contributed by atoms with E-state index in [1.165, 1.54) is 11.0 Å². The molecule has 5 rings (SSSR count). The largest absolute Gasteiger partial charge is 0.453 e. The summed E-state index contributed by atoms with van der Waals surface area (Å²) in [6, 6.07) is 20.3. The van der Waals surface area contributed by atoms with Crippen LogP contribution in [-0.2, 0) is 16.8 Å². The van der Waals surface area contributed by atoms with Crippen LogP contribution in [0.5, 0.6) is 11.5 Å². The van der Waals surface area contributed by atoms with E-state index in [2.05, 4.69) is 33.8 Å². The third-order valence-corrected chi connectivity index (χ3v) is 6.87. The lowest BCUT2D eigenvalue weighted by Gasteiger charge is -2.18. The number of benzene rings is 3. The third kappa shape index (κ3) is 7.85. The zero-order valence-corrected chi connectivity index (χ0v) is 24.6. The molecule has 0 bridgehead atoms. The van der Waals surface area contributed by atoms with Crippen LogP contribution in [0.3, 0.4) is 0 Å². The number of rotatable bonds is 6. The summed E-state index contributed by atoms with van der Waals surface area (Å²) in [6.07, 6.45) is 7.06. The molecule has 1 amide bonds. The fourth-order valence-corrected chi connectivity index (χ4v) is 4.50. The molecule has 2 heterocycles. The van der Waals surface area contributed by atoms with E-state index in [9.17, 15) is 9.18 Å². The number of carbonyl (C=O) groups is 1. The van der Waals surface area contributed by atoms with Crippen LogP contribution < -0.4 is 15.8 Å². The van der Waals surface area contributed by atoms with Crippen molar-refractivity contribution in [3.63, 3.8) is 0 Å². The molecule has 0 saturated carbocycles. The Kier molecular flexibility index (Phi) is 9.29. The highest BCUT2D eigenvalue weighted by atomic mass is 32.2. The fraction of sp³-hybridized carbons (Fsp3) is 0.219. The second kappa shape index (κ2) is 12.9. The first-order valence-electron chi connectivity index (χ1n) is 13.1. The average molecular weight is 572 g/mol. The molecule has 3 N–H and O–H groups in total. The molecular formula is C32H34FN5O2S. The van der Waals surface area contributed by atoms with Crippen molar-refractivity contribution >= 4 is 39.9 Å². The summed E-state index contributed by atoms with van der Waals surface area (Å²) in [5.41, 5.74) is 8.67. The molecule has 0 unspecified atom stereocenters. The molecule has 3 aromatic carbocycles. The number of amides is 1. The number of anilines is 2. The third-order valence-electron chi connectivity index (χ3n) is 6.12. The maximum absolute atomic E-state index is 15.0. The molecule has 2 aromatic heterocycles. The van der Waals surface area contributed by atoms with Gasteiger partial charge < -0.3 is 15.8 Å². The number of thioether (sulfide) groups is 1. The van der Waals surface area contributed by atoms with E-state index in [1.807, 2.05) is 39.0 Å². The van der Waals surface area contributed by atoms with E-state index in [0.717, 1.165) is 0 Å². The minimum atomic E-state index is -0.549. The number of hydrogen-bond acceptors (Lipinski definition) is 6. The summed E-state index contributed by atoms with van der Waals surface area (Å²) in [5.74, 6) is -0.255. The number of nitrogen functional groups attached to an aromatic ring is 1. The molecular weight excluding hydrogens is 537 g/mol. The molecule has 0 fully saturated rings. The van der Waals surface area contributed by atoms with Crippen LogP contribution in [0.2, 0.25) is 0 Å². The van der Waals surface area contributed by atoms with Crippen LogP contribution in [0.1, 0.15) is 31.9 Å². The van der Waals surface area contributed by atoms with Crippen molar-refractivity contribution in [2.75, 3.05) is 17.3 Å². The van der Waals surface area contributed by atoms with E-state index < -0.39 is 5.82 Å². The SMILES string of the molecule is CSc1ccccc1.Cc1cc(CC(=O)Nc2cnn(C(C)(C)C)c2)cc(F)c1Oc1ccnc2ccc(N)cc12. The highest BCUT2D eigenvalue weighted by molar-refractivity contribution is 7.98. The van der Waals surface area contributed by atoms with Crippen LogP contribution in [0, 0.1) is 12.7 Å². The molecule has 0 aliphatic heterocycles. The predicted octanol–water partition coefficient (Wildman–Crippen LogP) is 7.60.